The minimum Gasteiger partial charge on any atom is -0.486 e. The van der Waals surface area contributed by atoms with E-state index in [9.17, 15) is 8.78 Å². The molecule has 2 N–H and O–H groups in total. The van der Waals surface area contributed by atoms with Crippen molar-refractivity contribution in [3.63, 3.8) is 0 Å². The Hall–Kier alpha value is -1.16. The summed E-state index contributed by atoms with van der Waals surface area (Å²) in [7, 11) is 0. The standard InChI is InChI=1S/C11H13F2NO/c12-7-3-1-6-10(11(7)13)15-9-5-2-4-8(9)14/h1,3,6,8-9H,2,4-5,14H2. The fourth-order valence-electron chi connectivity index (χ4n) is 1.84. The van der Waals surface area contributed by atoms with Crippen molar-refractivity contribution < 1.29 is 13.5 Å². The van der Waals surface area contributed by atoms with E-state index in [-0.39, 0.29) is 17.9 Å². The summed E-state index contributed by atoms with van der Waals surface area (Å²) in [6.45, 7) is 0. The highest BCUT2D eigenvalue weighted by atomic mass is 19.2. The van der Waals surface area contributed by atoms with Gasteiger partial charge in [0.15, 0.2) is 11.6 Å². The van der Waals surface area contributed by atoms with Gasteiger partial charge >= 0.3 is 0 Å². The van der Waals surface area contributed by atoms with Crippen LogP contribution >= 0.6 is 0 Å². The first-order chi connectivity index (χ1) is 7.18. The predicted octanol–water partition coefficient (Wildman–Crippen LogP) is 2.22. The van der Waals surface area contributed by atoms with Gasteiger partial charge < -0.3 is 10.5 Å². The van der Waals surface area contributed by atoms with Crippen molar-refractivity contribution in [3.05, 3.63) is 29.8 Å². The van der Waals surface area contributed by atoms with Gasteiger partial charge in [0.1, 0.15) is 6.10 Å². The average Bonchev–Trinajstić information content (AvgIpc) is 2.60. The summed E-state index contributed by atoms with van der Waals surface area (Å²) >= 11 is 0. The molecule has 0 bridgehead atoms. The predicted molar refractivity (Wildman–Crippen MR) is 52.6 cm³/mol. The lowest BCUT2D eigenvalue weighted by atomic mass is 10.2. The Kier molecular flexibility index (Phi) is 2.86. The minimum atomic E-state index is -0.934. The number of benzene rings is 1. The van der Waals surface area contributed by atoms with Crippen LogP contribution < -0.4 is 10.5 Å². The van der Waals surface area contributed by atoms with Gasteiger partial charge in [0.25, 0.3) is 0 Å². The molecule has 2 rings (SSSR count). The van der Waals surface area contributed by atoms with Gasteiger partial charge in [-0.15, -0.1) is 0 Å². The Bertz CT molecular complexity index is 356. The highest BCUT2D eigenvalue weighted by molar-refractivity contribution is 5.25. The van der Waals surface area contributed by atoms with Crippen LogP contribution in [0.4, 0.5) is 8.78 Å². The summed E-state index contributed by atoms with van der Waals surface area (Å²) in [5.41, 5.74) is 5.77. The van der Waals surface area contributed by atoms with Crippen LogP contribution in [-0.2, 0) is 0 Å². The van der Waals surface area contributed by atoms with E-state index < -0.39 is 11.6 Å². The minimum absolute atomic E-state index is 0.0441. The Morgan fingerprint density at radius 3 is 2.73 bits per heavy atom. The number of ether oxygens (including phenoxy) is 1. The second-order valence-electron chi connectivity index (χ2n) is 3.80. The first-order valence-electron chi connectivity index (χ1n) is 5.04. The zero-order valence-electron chi connectivity index (χ0n) is 8.25. The summed E-state index contributed by atoms with van der Waals surface area (Å²) in [5, 5.41) is 0. The van der Waals surface area contributed by atoms with Gasteiger partial charge in [0.2, 0.25) is 5.82 Å². The lowest BCUT2D eigenvalue weighted by molar-refractivity contribution is 0.181. The van der Waals surface area contributed by atoms with Gasteiger partial charge in [0, 0.05) is 6.04 Å². The van der Waals surface area contributed by atoms with Crippen LogP contribution in [0, 0.1) is 11.6 Å². The van der Waals surface area contributed by atoms with Gasteiger partial charge in [-0.2, -0.15) is 4.39 Å². The monoisotopic (exact) mass is 213 g/mol. The van der Waals surface area contributed by atoms with E-state index in [1.54, 1.807) is 0 Å². The van der Waals surface area contributed by atoms with E-state index in [2.05, 4.69) is 0 Å². The van der Waals surface area contributed by atoms with Crippen molar-refractivity contribution in [2.24, 2.45) is 5.73 Å². The molecule has 0 radical (unpaired) electrons. The number of nitrogens with two attached hydrogens (primary N) is 1. The topological polar surface area (TPSA) is 35.2 Å². The van der Waals surface area contributed by atoms with Crippen LogP contribution in [0.1, 0.15) is 19.3 Å². The maximum absolute atomic E-state index is 13.2. The number of hydrogen-bond donors (Lipinski definition) is 1. The maximum atomic E-state index is 13.2. The summed E-state index contributed by atoms with van der Waals surface area (Å²) in [6.07, 6.45) is 2.46. The SMILES string of the molecule is NC1CCCC1Oc1cccc(F)c1F. The smallest absolute Gasteiger partial charge is 0.200 e. The third-order valence-corrected chi connectivity index (χ3v) is 2.70. The third-order valence-electron chi connectivity index (χ3n) is 2.70. The quantitative estimate of drug-likeness (QED) is 0.817. The number of hydrogen-bond acceptors (Lipinski definition) is 2. The normalized spacial score (nSPS) is 25.5. The maximum Gasteiger partial charge on any atom is 0.200 e. The molecule has 1 aromatic carbocycles. The summed E-state index contributed by atoms with van der Waals surface area (Å²) in [4.78, 5) is 0. The molecule has 2 atom stereocenters. The molecule has 1 saturated carbocycles. The van der Waals surface area contributed by atoms with E-state index in [0.29, 0.717) is 0 Å². The zero-order valence-corrected chi connectivity index (χ0v) is 8.25. The van der Waals surface area contributed by atoms with E-state index in [1.807, 2.05) is 0 Å². The molecule has 0 heterocycles. The molecular formula is C11H13F2NO. The van der Waals surface area contributed by atoms with Crippen molar-refractivity contribution in [1.82, 2.24) is 0 Å². The van der Waals surface area contributed by atoms with E-state index in [0.717, 1.165) is 25.3 Å². The molecule has 0 spiro atoms. The van der Waals surface area contributed by atoms with Crippen LogP contribution in [-0.4, -0.2) is 12.1 Å². The number of halogens is 2. The summed E-state index contributed by atoms with van der Waals surface area (Å²) in [5.74, 6) is -1.87. The Labute approximate surface area is 87.0 Å². The average molecular weight is 213 g/mol. The highest BCUT2D eigenvalue weighted by Crippen LogP contribution is 2.26. The van der Waals surface area contributed by atoms with Gasteiger partial charge in [-0.25, -0.2) is 4.39 Å². The van der Waals surface area contributed by atoms with Gasteiger partial charge in [-0.1, -0.05) is 6.07 Å². The molecule has 1 aliphatic rings. The van der Waals surface area contributed by atoms with E-state index in [1.165, 1.54) is 12.1 Å². The molecule has 1 aliphatic carbocycles. The highest BCUT2D eigenvalue weighted by Gasteiger charge is 2.26. The van der Waals surface area contributed by atoms with Crippen LogP contribution in [0.5, 0.6) is 5.75 Å². The fourth-order valence-corrected chi connectivity index (χ4v) is 1.84. The summed E-state index contributed by atoms with van der Waals surface area (Å²) in [6, 6.07) is 3.83. The first kappa shape index (κ1) is 10.4. The lowest BCUT2D eigenvalue weighted by Crippen LogP contribution is -2.33. The van der Waals surface area contributed by atoms with Crippen LogP contribution in [0.3, 0.4) is 0 Å². The Morgan fingerprint density at radius 2 is 2.07 bits per heavy atom. The molecule has 2 nitrogen and oxygen atoms in total. The van der Waals surface area contributed by atoms with Crippen LogP contribution in [0.2, 0.25) is 0 Å². The molecule has 0 amide bonds. The van der Waals surface area contributed by atoms with Crippen molar-refractivity contribution in [3.8, 4) is 5.75 Å². The van der Waals surface area contributed by atoms with Crippen LogP contribution in [0.15, 0.2) is 18.2 Å². The van der Waals surface area contributed by atoms with Crippen molar-refractivity contribution >= 4 is 0 Å². The van der Waals surface area contributed by atoms with E-state index in [4.69, 9.17) is 10.5 Å². The molecule has 4 heteroatoms. The Morgan fingerprint density at radius 1 is 1.27 bits per heavy atom. The molecular weight excluding hydrogens is 200 g/mol. The molecule has 0 aliphatic heterocycles. The first-order valence-corrected chi connectivity index (χ1v) is 5.04. The fraction of sp³-hybridized carbons (Fsp3) is 0.455. The molecule has 82 valence electrons. The molecule has 1 fully saturated rings. The zero-order chi connectivity index (χ0) is 10.8. The van der Waals surface area contributed by atoms with Crippen LogP contribution in [0.25, 0.3) is 0 Å². The van der Waals surface area contributed by atoms with Gasteiger partial charge in [-0.3, -0.25) is 0 Å². The van der Waals surface area contributed by atoms with Crippen molar-refractivity contribution in [2.75, 3.05) is 0 Å². The van der Waals surface area contributed by atoms with E-state index >= 15 is 0 Å². The van der Waals surface area contributed by atoms with Gasteiger partial charge in [-0.05, 0) is 31.4 Å². The molecule has 1 aromatic rings. The second-order valence-corrected chi connectivity index (χ2v) is 3.80. The summed E-state index contributed by atoms with van der Waals surface area (Å²) < 4.78 is 31.5. The van der Waals surface area contributed by atoms with Gasteiger partial charge in [0.05, 0.1) is 0 Å². The lowest BCUT2D eigenvalue weighted by Gasteiger charge is -2.18. The third kappa shape index (κ3) is 2.09. The van der Waals surface area contributed by atoms with Crippen molar-refractivity contribution in [2.45, 2.75) is 31.4 Å². The Balaban J connectivity index is 2.13. The molecule has 0 saturated heterocycles. The number of rotatable bonds is 2. The largest absolute Gasteiger partial charge is 0.486 e. The second kappa shape index (κ2) is 4.14. The van der Waals surface area contributed by atoms with Crippen molar-refractivity contribution in [1.29, 1.82) is 0 Å². The molecule has 2 unspecified atom stereocenters. The molecule has 0 aromatic heterocycles. The molecule has 15 heavy (non-hydrogen) atoms.